The summed E-state index contributed by atoms with van der Waals surface area (Å²) in [7, 11) is 2.98. The number of fused-ring (bicyclic) bond motifs is 1. The lowest BCUT2D eigenvalue weighted by molar-refractivity contribution is -0.113. The van der Waals surface area contributed by atoms with Gasteiger partial charge in [-0.25, -0.2) is 4.79 Å². The molecule has 0 radical (unpaired) electrons. The highest BCUT2D eigenvalue weighted by Crippen LogP contribution is 2.38. The third-order valence-electron chi connectivity index (χ3n) is 5.50. The number of hydrogen-bond acceptors (Lipinski definition) is 8. The molecule has 2 aromatic heterocycles. The van der Waals surface area contributed by atoms with Crippen LogP contribution >= 0.6 is 23.1 Å². The number of amides is 1. The van der Waals surface area contributed by atoms with Crippen molar-refractivity contribution in [2.24, 2.45) is 0 Å². The Balaban J connectivity index is 1.51. The molecular formula is C24H26N4O4S2. The van der Waals surface area contributed by atoms with E-state index >= 15 is 0 Å². The van der Waals surface area contributed by atoms with Gasteiger partial charge in [0, 0.05) is 17.0 Å². The second-order valence-corrected chi connectivity index (χ2v) is 9.73. The first kappa shape index (κ1) is 24.0. The molecule has 0 spiro atoms. The number of hydrogen-bond donors (Lipinski definition) is 1. The Morgan fingerprint density at radius 1 is 1.26 bits per heavy atom. The summed E-state index contributed by atoms with van der Waals surface area (Å²) in [5.74, 6) is 0.886. The second kappa shape index (κ2) is 10.9. The Morgan fingerprint density at radius 3 is 2.85 bits per heavy atom. The van der Waals surface area contributed by atoms with E-state index in [4.69, 9.17) is 9.47 Å². The number of nitrogens with zero attached hydrogens (tertiary/aromatic N) is 3. The van der Waals surface area contributed by atoms with Crippen molar-refractivity contribution < 1.29 is 19.1 Å². The highest BCUT2D eigenvalue weighted by Gasteiger charge is 2.27. The first-order valence-electron chi connectivity index (χ1n) is 10.9. The highest BCUT2D eigenvalue weighted by molar-refractivity contribution is 7.99. The molecule has 1 aromatic carbocycles. The molecule has 0 fully saturated rings. The molecule has 0 saturated heterocycles. The third-order valence-corrected chi connectivity index (χ3v) is 7.68. The van der Waals surface area contributed by atoms with Gasteiger partial charge < -0.3 is 14.8 Å². The van der Waals surface area contributed by atoms with E-state index < -0.39 is 5.97 Å². The van der Waals surface area contributed by atoms with Gasteiger partial charge in [0.25, 0.3) is 0 Å². The summed E-state index contributed by atoms with van der Waals surface area (Å²) in [5.41, 5.74) is 2.37. The predicted octanol–water partition coefficient (Wildman–Crippen LogP) is 4.60. The zero-order chi connectivity index (χ0) is 24.1. The molecule has 8 nitrogen and oxygen atoms in total. The van der Waals surface area contributed by atoms with Crippen molar-refractivity contribution in [2.45, 2.75) is 37.4 Å². The van der Waals surface area contributed by atoms with Gasteiger partial charge in [-0.15, -0.1) is 28.1 Å². The van der Waals surface area contributed by atoms with Crippen LogP contribution in [0, 0.1) is 0 Å². The van der Waals surface area contributed by atoms with Crippen LogP contribution in [0.5, 0.6) is 5.75 Å². The van der Waals surface area contributed by atoms with Crippen LogP contribution in [0.4, 0.5) is 5.00 Å². The molecule has 3 aromatic rings. The van der Waals surface area contributed by atoms with Gasteiger partial charge in [0.1, 0.15) is 10.8 Å². The molecule has 0 bridgehead atoms. The summed E-state index contributed by atoms with van der Waals surface area (Å²) < 4.78 is 12.2. The SMILES string of the molecule is C=CCn1c(SCC(=O)Nc2sc3c(c2C(=O)OC)CCCC3)nnc1-c1cccc(OC)c1. The maximum Gasteiger partial charge on any atom is 0.341 e. The molecule has 1 amide bonds. The Labute approximate surface area is 206 Å². The number of ether oxygens (including phenoxy) is 2. The van der Waals surface area contributed by atoms with E-state index in [0.717, 1.165) is 47.4 Å². The monoisotopic (exact) mass is 498 g/mol. The standard InChI is InChI=1S/C24H26N4O4S2/c1-4-12-28-21(15-8-7-9-16(13-15)31-2)26-27-24(28)33-14-19(29)25-22-20(23(30)32-3)17-10-5-6-11-18(17)34-22/h4,7-9,13H,1,5-6,10-12,14H2,2-3H3,(H,25,29). The number of carbonyl (C=O) groups excluding carboxylic acids is 2. The van der Waals surface area contributed by atoms with Crippen LogP contribution in [0.15, 0.2) is 42.1 Å². The van der Waals surface area contributed by atoms with E-state index in [2.05, 4.69) is 22.1 Å². The Hall–Kier alpha value is -3.11. The van der Waals surface area contributed by atoms with Crippen molar-refractivity contribution in [1.29, 1.82) is 0 Å². The lowest BCUT2D eigenvalue weighted by atomic mass is 9.95. The lowest BCUT2D eigenvalue weighted by Gasteiger charge is -2.11. The molecule has 10 heteroatoms. The van der Waals surface area contributed by atoms with Crippen molar-refractivity contribution >= 4 is 40.0 Å². The van der Waals surface area contributed by atoms with Gasteiger partial charge in [-0.2, -0.15) is 0 Å². The quantitative estimate of drug-likeness (QED) is 0.262. The number of allylic oxidation sites excluding steroid dienone is 1. The summed E-state index contributed by atoms with van der Waals surface area (Å²) in [6.45, 7) is 4.32. The fourth-order valence-electron chi connectivity index (χ4n) is 3.93. The molecule has 178 valence electrons. The zero-order valence-corrected chi connectivity index (χ0v) is 20.8. The first-order valence-corrected chi connectivity index (χ1v) is 12.7. The number of aromatic nitrogens is 3. The van der Waals surface area contributed by atoms with Gasteiger partial charge in [-0.05, 0) is 43.4 Å². The molecule has 0 unspecified atom stereocenters. The smallest absolute Gasteiger partial charge is 0.341 e. The molecule has 1 N–H and O–H groups in total. The molecule has 34 heavy (non-hydrogen) atoms. The molecule has 2 heterocycles. The van der Waals surface area contributed by atoms with E-state index in [9.17, 15) is 9.59 Å². The Kier molecular flexibility index (Phi) is 7.69. The van der Waals surface area contributed by atoms with E-state index in [1.165, 1.54) is 30.2 Å². The number of nitrogens with one attached hydrogen (secondary N) is 1. The van der Waals surface area contributed by atoms with Crippen LogP contribution in [-0.4, -0.2) is 46.6 Å². The number of thioether (sulfide) groups is 1. The van der Waals surface area contributed by atoms with E-state index in [0.29, 0.717) is 28.1 Å². The average Bonchev–Trinajstić information content (AvgIpc) is 3.43. The summed E-state index contributed by atoms with van der Waals surface area (Å²) >= 11 is 2.75. The number of benzene rings is 1. The molecular weight excluding hydrogens is 472 g/mol. The largest absolute Gasteiger partial charge is 0.497 e. The molecule has 4 rings (SSSR count). The number of anilines is 1. The van der Waals surface area contributed by atoms with Crippen molar-refractivity contribution in [1.82, 2.24) is 14.8 Å². The molecule has 0 saturated carbocycles. The lowest BCUT2D eigenvalue weighted by Crippen LogP contribution is -2.17. The molecule has 1 aliphatic carbocycles. The minimum Gasteiger partial charge on any atom is -0.497 e. The van der Waals surface area contributed by atoms with Crippen LogP contribution in [0.2, 0.25) is 0 Å². The van der Waals surface area contributed by atoms with E-state index in [1.807, 2.05) is 28.8 Å². The molecule has 0 atom stereocenters. The summed E-state index contributed by atoms with van der Waals surface area (Å²) in [6, 6.07) is 7.57. The first-order chi connectivity index (χ1) is 16.5. The van der Waals surface area contributed by atoms with Gasteiger partial charge in [0.05, 0.1) is 25.5 Å². The Morgan fingerprint density at radius 2 is 2.09 bits per heavy atom. The topological polar surface area (TPSA) is 95.3 Å². The number of carbonyl (C=O) groups is 2. The van der Waals surface area contributed by atoms with Crippen molar-refractivity contribution in [2.75, 3.05) is 25.3 Å². The average molecular weight is 499 g/mol. The van der Waals surface area contributed by atoms with Crippen molar-refractivity contribution in [3.8, 4) is 17.1 Å². The third kappa shape index (κ3) is 5.02. The predicted molar refractivity (Wildman–Crippen MR) is 134 cm³/mol. The van der Waals surface area contributed by atoms with E-state index in [-0.39, 0.29) is 11.7 Å². The van der Waals surface area contributed by atoms with Crippen LogP contribution in [0.1, 0.15) is 33.6 Å². The van der Waals surface area contributed by atoms with Crippen LogP contribution < -0.4 is 10.1 Å². The number of methoxy groups -OCH3 is 2. The number of rotatable bonds is 9. The summed E-state index contributed by atoms with van der Waals surface area (Å²) in [4.78, 5) is 26.4. The van der Waals surface area contributed by atoms with Crippen molar-refractivity contribution in [3.05, 3.63) is 52.9 Å². The minimum atomic E-state index is -0.406. The van der Waals surface area contributed by atoms with Crippen molar-refractivity contribution in [3.63, 3.8) is 0 Å². The summed E-state index contributed by atoms with van der Waals surface area (Å²) in [6.07, 6.45) is 5.64. The minimum absolute atomic E-state index is 0.122. The molecule has 1 aliphatic rings. The number of aryl methyl sites for hydroxylation is 1. The normalized spacial score (nSPS) is 12.6. The van der Waals surface area contributed by atoms with Gasteiger partial charge >= 0.3 is 5.97 Å². The van der Waals surface area contributed by atoms with Crippen LogP contribution in [0.3, 0.4) is 0 Å². The fraction of sp³-hybridized carbons (Fsp3) is 0.333. The van der Waals surface area contributed by atoms with Crippen LogP contribution in [-0.2, 0) is 28.9 Å². The Bertz CT molecular complexity index is 1220. The van der Waals surface area contributed by atoms with E-state index in [1.54, 1.807) is 13.2 Å². The number of esters is 1. The molecule has 0 aliphatic heterocycles. The second-order valence-electron chi connectivity index (χ2n) is 7.68. The van der Waals surface area contributed by atoms with Crippen LogP contribution in [0.25, 0.3) is 11.4 Å². The zero-order valence-electron chi connectivity index (χ0n) is 19.1. The number of thiophene rings is 1. The maximum absolute atomic E-state index is 12.8. The summed E-state index contributed by atoms with van der Waals surface area (Å²) in [5, 5.41) is 12.7. The highest BCUT2D eigenvalue weighted by atomic mass is 32.2. The maximum atomic E-state index is 12.8. The van der Waals surface area contributed by atoms with Gasteiger partial charge in [0.2, 0.25) is 5.91 Å². The fourth-order valence-corrected chi connectivity index (χ4v) is 5.97. The van der Waals surface area contributed by atoms with Gasteiger partial charge in [0.15, 0.2) is 11.0 Å². The van der Waals surface area contributed by atoms with Gasteiger partial charge in [-0.1, -0.05) is 30.0 Å². The van der Waals surface area contributed by atoms with Gasteiger partial charge in [-0.3, -0.25) is 9.36 Å².